The van der Waals surface area contributed by atoms with Crippen molar-refractivity contribution in [3.8, 4) is 0 Å². The highest BCUT2D eigenvalue weighted by Crippen LogP contribution is 2.54. The van der Waals surface area contributed by atoms with Crippen molar-refractivity contribution in [3.63, 3.8) is 0 Å². The van der Waals surface area contributed by atoms with E-state index in [0.29, 0.717) is 0 Å². The van der Waals surface area contributed by atoms with Gasteiger partial charge < -0.3 is 10.2 Å². The summed E-state index contributed by atoms with van der Waals surface area (Å²) in [4.78, 5) is 2.72. The van der Waals surface area contributed by atoms with Gasteiger partial charge in [0.2, 0.25) is 0 Å². The molecule has 2 saturated heterocycles. The largest absolute Gasteiger partial charge is 0.316 e. The topological polar surface area (TPSA) is 15.3 Å². The maximum Gasteiger partial charge on any atom is 0.00340 e. The maximum atomic E-state index is 3.38. The lowest BCUT2D eigenvalue weighted by Crippen LogP contribution is -2.53. The number of hydrogen-bond donors (Lipinski definition) is 1. The van der Waals surface area contributed by atoms with E-state index < -0.39 is 0 Å². The highest BCUT2D eigenvalue weighted by atomic mass is 15.1. The average Bonchev–Trinajstić information content (AvgIpc) is 2.21. The van der Waals surface area contributed by atoms with E-state index in [-0.39, 0.29) is 0 Å². The van der Waals surface area contributed by atoms with E-state index in [0.717, 1.165) is 23.2 Å². The second-order valence-electron chi connectivity index (χ2n) is 7.24. The summed E-state index contributed by atoms with van der Waals surface area (Å²) in [5.74, 6) is 2.91. The minimum Gasteiger partial charge on any atom is -0.316 e. The Labute approximate surface area is 106 Å². The monoisotopic (exact) mass is 236 g/mol. The van der Waals surface area contributed by atoms with Crippen LogP contribution in [0.3, 0.4) is 0 Å². The van der Waals surface area contributed by atoms with Crippen LogP contribution >= 0.6 is 0 Å². The van der Waals surface area contributed by atoms with Crippen LogP contribution in [0.5, 0.6) is 0 Å². The molecule has 0 unspecified atom stereocenters. The first-order valence-corrected chi connectivity index (χ1v) is 7.60. The van der Waals surface area contributed by atoms with Crippen molar-refractivity contribution >= 4 is 0 Å². The van der Waals surface area contributed by atoms with Crippen LogP contribution in [0.4, 0.5) is 0 Å². The first kappa shape index (κ1) is 12.0. The van der Waals surface area contributed by atoms with Gasteiger partial charge in [-0.25, -0.2) is 0 Å². The average molecular weight is 236 g/mol. The Morgan fingerprint density at radius 3 is 2.29 bits per heavy atom. The Balaban J connectivity index is 1.42. The van der Waals surface area contributed by atoms with Gasteiger partial charge in [-0.2, -0.15) is 0 Å². The van der Waals surface area contributed by atoms with E-state index in [1.54, 1.807) is 0 Å². The van der Waals surface area contributed by atoms with Crippen LogP contribution in [-0.2, 0) is 0 Å². The Morgan fingerprint density at radius 2 is 1.82 bits per heavy atom. The van der Waals surface area contributed by atoms with Crippen molar-refractivity contribution in [1.29, 1.82) is 0 Å². The van der Waals surface area contributed by atoms with E-state index in [1.807, 2.05) is 0 Å². The van der Waals surface area contributed by atoms with Crippen LogP contribution in [0, 0.1) is 23.2 Å². The van der Waals surface area contributed by atoms with E-state index in [4.69, 9.17) is 0 Å². The van der Waals surface area contributed by atoms with Crippen molar-refractivity contribution in [3.05, 3.63) is 0 Å². The quantitative estimate of drug-likeness (QED) is 0.809. The molecule has 3 fully saturated rings. The van der Waals surface area contributed by atoms with Gasteiger partial charge in [-0.1, -0.05) is 13.8 Å². The number of hydrogen-bond acceptors (Lipinski definition) is 2. The minimum absolute atomic E-state index is 0.781. The highest BCUT2D eigenvalue weighted by molar-refractivity contribution is 4.98. The summed E-state index contributed by atoms with van der Waals surface area (Å²) in [6, 6.07) is 0. The molecule has 0 aromatic heterocycles. The van der Waals surface area contributed by atoms with Gasteiger partial charge in [0, 0.05) is 19.6 Å². The lowest BCUT2D eigenvalue weighted by Gasteiger charge is -2.54. The van der Waals surface area contributed by atoms with Gasteiger partial charge >= 0.3 is 0 Å². The van der Waals surface area contributed by atoms with Crippen LogP contribution in [0.2, 0.25) is 0 Å². The maximum absolute atomic E-state index is 3.38. The van der Waals surface area contributed by atoms with Crippen LogP contribution in [0.15, 0.2) is 0 Å². The molecule has 1 N–H and O–H groups in total. The highest BCUT2D eigenvalue weighted by Gasteiger charge is 2.46. The van der Waals surface area contributed by atoms with Gasteiger partial charge in [0.15, 0.2) is 0 Å². The Bertz CT molecular complexity index is 254. The molecule has 17 heavy (non-hydrogen) atoms. The zero-order valence-electron chi connectivity index (χ0n) is 11.5. The zero-order chi connectivity index (χ0) is 11.9. The van der Waals surface area contributed by atoms with E-state index >= 15 is 0 Å². The molecule has 2 heterocycles. The molecule has 1 saturated carbocycles. The molecule has 0 radical (unpaired) electrons. The van der Waals surface area contributed by atoms with E-state index in [9.17, 15) is 0 Å². The molecule has 2 heteroatoms. The lowest BCUT2D eigenvalue weighted by molar-refractivity contribution is -0.0346. The SMILES string of the molecule is CC(C)C1CC2(CCN(CC3CNC3)CC2)C1. The first-order valence-electron chi connectivity index (χ1n) is 7.60. The van der Waals surface area contributed by atoms with E-state index in [1.165, 1.54) is 58.4 Å². The Hall–Kier alpha value is -0.0800. The third kappa shape index (κ3) is 2.39. The number of piperidine rings is 1. The fourth-order valence-corrected chi connectivity index (χ4v) is 3.98. The number of likely N-dealkylation sites (tertiary alicyclic amines) is 1. The molecule has 1 spiro atoms. The van der Waals surface area contributed by atoms with Gasteiger partial charge in [-0.3, -0.25) is 0 Å². The number of nitrogens with zero attached hydrogens (tertiary/aromatic N) is 1. The summed E-state index contributed by atoms with van der Waals surface area (Å²) < 4.78 is 0. The zero-order valence-corrected chi connectivity index (χ0v) is 11.5. The molecule has 3 aliphatic rings. The lowest BCUT2D eigenvalue weighted by atomic mass is 9.55. The van der Waals surface area contributed by atoms with E-state index in [2.05, 4.69) is 24.1 Å². The Morgan fingerprint density at radius 1 is 1.18 bits per heavy atom. The third-order valence-corrected chi connectivity index (χ3v) is 5.63. The first-order chi connectivity index (χ1) is 8.17. The van der Waals surface area contributed by atoms with Crippen LogP contribution in [-0.4, -0.2) is 37.6 Å². The molecule has 2 nitrogen and oxygen atoms in total. The third-order valence-electron chi connectivity index (χ3n) is 5.63. The molecular formula is C15H28N2. The molecule has 98 valence electrons. The standard InChI is InChI=1S/C15H28N2/c1-12(2)14-7-15(8-14)3-5-17(6-4-15)11-13-9-16-10-13/h12-14,16H,3-11H2,1-2H3. The van der Waals surface area contributed by atoms with Gasteiger partial charge in [0.25, 0.3) is 0 Å². The van der Waals surface area contributed by atoms with Crippen LogP contribution in [0.1, 0.15) is 39.5 Å². The minimum atomic E-state index is 0.781. The van der Waals surface area contributed by atoms with Crippen LogP contribution < -0.4 is 5.32 Å². The Kier molecular flexibility index (Phi) is 3.20. The molecule has 0 aromatic rings. The molecule has 3 rings (SSSR count). The van der Waals surface area contributed by atoms with Crippen molar-refractivity contribution < 1.29 is 0 Å². The number of nitrogens with one attached hydrogen (secondary N) is 1. The molecule has 1 aliphatic carbocycles. The normalized spacial score (nSPS) is 30.5. The predicted molar refractivity (Wildman–Crippen MR) is 72.0 cm³/mol. The van der Waals surface area contributed by atoms with Crippen molar-refractivity contribution in [2.24, 2.45) is 23.2 Å². The summed E-state index contributed by atoms with van der Waals surface area (Å²) in [7, 11) is 0. The van der Waals surface area contributed by atoms with Crippen LogP contribution in [0.25, 0.3) is 0 Å². The number of rotatable bonds is 3. The smallest absolute Gasteiger partial charge is 0.00340 e. The van der Waals surface area contributed by atoms with Gasteiger partial charge in [-0.05, 0) is 61.9 Å². The van der Waals surface area contributed by atoms with Gasteiger partial charge in [-0.15, -0.1) is 0 Å². The van der Waals surface area contributed by atoms with Crippen molar-refractivity contribution in [1.82, 2.24) is 10.2 Å². The summed E-state index contributed by atoms with van der Waals surface area (Å²) in [6.07, 6.45) is 6.03. The summed E-state index contributed by atoms with van der Waals surface area (Å²) in [5, 5.41) is 3.38. The molecule has 2 aliphatic heterocycles. The fourth-order valence-electron chi connectivity index (χ4n) is 3.98. The molecule has 0 amide bonds. The second-order valence-corrected chi connectivity index (χ2v) is 7.24. The molecular weight excluding hydrogens is 208 g/mol. The van der Waals surface area contributed by atoms with Crippen molar-refractivity contribution in [2.75, 3.05) is 32.7 Å². The summed E-state index contributed by atoms with van der Waals surface area (Å²) in [6.45, 7) is 11.4. The van der Waals surface area contributed by atoms with Gasteiger partial charge in [0.05, 0.1) is 0 Å². The van der Waals surface area contributed by atoms with Gasteiger partial charge in [0.1, 0.15) is 0 Å². The fraction of sp³-hybridized carbons (Fsp3) is 1.00. The predicted octanol–water partition coefficient (Wildman–Crippen LogP) is 2.35. The molecule has 0 bridgehead atoms. The summed E-state index contributed by atoms with van der Waals surface area (Å²) in [5.41, 5.74) is 0.781. The second kappa shape index (κ2) is 4.55. The molecule has 0 atom stereocenters. The summed E-state index contributed by atoms with van der Waals surface area (Å²) >= 11 is 0. The van der Waals surface area contributed by atoms with Crippen molar-refractivity contribution in [2.45, 2.75) is 39.5 Å². The molecule has 0 aromatic carbocycles.